The number of hydrogen-bond donors (Lipinski definition) is 1. The number of benzene rings is 1. The highest BCUT2D eigenvalue weighted by Crippen LogP contribution is 2.30. The Balaban J connectivity index is 2.26. The first-order valence-electron chi connectivity index (χ1n) is 8.68. The maximum atomic E-state index is 12.8. The zero-order chi connectivity index (χ0) is 19.5. The maximum absolute atomic E-state index is 12.8. The first kappa shape index (κ1) is 20.1. The average Bonchev–Trinajstić information content (AvgIpc) is 2.85. The highest BCUT2D eigenvalue weighted by molar-refractivity contribution is 6.05. The van der Waals surface area contributed by atoms with E-state index in [1.54, 1.807) is 13.1 Å². The van der Waals surface area contributed by atoms with Gasteiger partial charge in [0.05, 0.1) is 12.0 Å². The fourth-order valence-corrected chi connectivity index (χ4v) is 3.26. The highest BCUT2D eigenvalue weighted by Gasteiger charge is 2.31. The second kappa shape index (κ2) is 7.98. The largest absolute Gasteiger partial charge is 0.393 e. The molecule has 1 atom stereocenters. The number of aromatic nitrogens is 1. The molecule has 0 saturated heterocycles. The van der Waals surface area contributed by atoms with Gasteiger partial charge in [0.15, 0.2) is 0 Å². The zero-order valence-corrected chi connectivity index (χ0v) is 15.5. The van der Waals surface area contributed by atoms with Crippen molar-refractivity contribution in [3.05, 3.63) is 53.3 Å². The minimum absolute atomic E-state index is 0.0230. The molecule has 0 saturated carbocycles. The van der Waals surface area contributed by atoms with Crippen molar-refractivity contribution in [2.45, 2.75) is 45.7 Å². The quantitative estimate of drug-likeness (QED) is 0.716. The number of alkyl halides is 3. The fourth-order valence-electron chi connectivity index (χ4n) is 3.26. The summed E-state index contributed by atoms with van der Waals surface area (Å²) >= 11 is 0. The number of carbonyl (C=O) groups is 1. The molecule has 26 heavy (non-hydrogen) atoms. The summed E-state index contributed by atoms with van der Waals surface area (Å²) in [5, 5.41) is 2.80. The van der Waals surface area contributed by atoms with Gasteiger partial charge in [-0.25, -0.2) is 0 Å². The summed E-state index contributed by atoms with van der Waals surface area (Å²) in [6.45, 7) is 6.35. The van der Waals surface area contributed by atoms with Crippen molar-refractivity contribution in [2.75, 3.05) is 5.32 Å². The molecule has 2 rings (SSSR count). The second-order valence-electron chi connectivity index (χ2n) is 7.23. The molecule has 1 aromatic heterocycles. The summed E-state index contributed by atoms with van der Waals surface area (Å²) < 4.78 is 39.8. The number of halogens is 3. The molecule has 1 aromatic carbocycles. The number of nitrogens with one attached hydrogen (secondary N) is 1. The van der Waals surface area contributed by atoms with Crippen LogP contribution in [0.1, 0.15) is 54.6 Å². The summed E-state index contributed by atoms with van der Waals surface area (Å²) in [4.78, 5) is 12.6. The van der Waals surface area contributed by atoms with Crippen LogP contribution < -0.4 is 5.32 Å². The molecule has 142 valence electrons. The van der Waals surface area contributed by atoms with Gasteiger partial charge in [-0.3, -0.25) is 4.79 Å². The van der Waals surface area contributed by atoms with Gasteiger partial charge in [-0.2, -0.15) is 13.2 Å². The molecular formula is C20H25F3N2O. The topological polar surface area (TPSA) is 34.0 Å². The van der Waals surface area contributed by atoms with Gasteiger partial charge >= 0.3 is 6.18 Å². The van der Waals surface area contributed by atoms with Gasteiger partial charge in [0.25, 0.3) is 5.91 Å². The Labute approximate surface area is 152 Å². The van der Waals surface area contributed by atoms with Gasteiger partial charge in [-0.15, -0.1) is 0 Å². The normalized spacial score (nSPS) is 13.1. The van der Waals surface area contributed by atoms with Crippen LogP contribution in [0.2, 0.25) is 0 Å². The number of aryl methyl sites for hydroxylation is 1. The average molecular weight is 366 g/mol. The number of carbonyl (C=O) groups excluding carboxylic acids is 1. The molecule has 0 aliphatic heterocycles. The van der Waals surface area contributed by atoms with Gasteiger partial charge in [0.2, 0.25) is 0 Å². The number of nitrogens with zero attached hydrogens (tertiary/aromatic N) is 1. The first-order valence-corrected chi connectivity index (χ1v) is 8.68. The Morgan fingerprint density at radius 2 is 1.81 bits per heavy atom. The van der Waals surface area contributed by atoms with Crippen LogP contribution in [-0.2, 0) is 13.5 Å². The SMILES string of the molecule is CC(C)CC(C)c1ccccc1NC(=O)c1cn(C)cc1CC(F)(F)F. The van der Waals surface area contributed by atoms with Crippen LogP contribution in [0.4, 0.5) is 18.9 Å². The second-order valence-corrected chi connectivity index (χ2v) is 7.23. The third kappa shape index (κ3) is 5.38. The van der Waals surface area contributed by atoms with Crippen molar-refractivity contribution in [3.63, 3.8) is 0 Å². The van der Waals surface area contributed by atoms with E-state index in [0.29, 0.717) is 11.6 Å². The number of amides is 1. The summed E-state index contributed by atoms with van der Waals surface area (Å²) in [5.41, 5.74) is 1.66. The third-order valence-corrected chi connectivity index (χ3v) is 4.24. The third-order valence-electron chi connectivity index (χ3n) is 4.24. The summed E-state index contributed by atoms with van der Waals surface area (Å²) in [6.07, 6.45) is -1.76. The molecule has 0 fully saturated rings. The minimum Gasteiger partial charge on any atom is -0.356 e. The Morgan fingerprint density at radius 3 is 2.42 bits per heavy atom. The van der Waals surface area contributed by atoms with Crippen LogP contribution in [0.25, 0.3) is 0 Å². The zero-order valence-electron chi connectivity index (χ0n) is 15.5. The summed E-state index contributed by atoms with van der Waals surface area (Å²) in [5.74, 6) is 0.215. The van der Waals surface area contributed by atoms with Crippen LogP contribution in [0.5, 0.6) is 0 Å². The molecule has 1 amide bonds. The molecule has 1 N–H and O–H groups in total. The predicted octanol–water partition coefficient (Wildman–Crippen LogP) is 5.53. The van der Waals surface area contributed by atoms with Crippen LogP contribution >= 0.6 is 0 Å². The first-order chi connectivity index (χ1) is 12.1. The van der Waals surface area contributed by atoms with Crippen molar-refractivity contribution in [1.29, 1.82) is 0 Å². The van der Waals surface area contributed by atoms with Gasteiger partial charge in [0.1, 0.15) is 0 Å². The minimum atomic E-state index is -4.36. The van der Waals surface area contributed by atoms with E-state index < -0.39 is 18.5 Å². The van der Waals surface area contributed by atoms with E-state index in [1.807, 2.05) is 18.2 Å². The Kier molecular flexibility index (Phi) is 6.16. The molecule has 1 heterocycles. The lowest BCUT2D eigenvalue weighted by Crippen LogP contribution is -2.18. The Hall–Kier alpha value is -2.24. The van der Waals surface area contributed by atoms with Gasteiger partial charge in [-0.1, -0.05) is 39.0 Å². The highest BCUT2D eigenvalue weighted by atomic mass is 19.4. The summed E-state index contributed by atoms with van der Waals surface area (Å²) in [6, 6.07) is 7.45. The molecule has 0 aliphatic rings. The number of hydrogen-bond acceptors (Lipinski definition) is 1. The Morgan fingerprint density at radius 1 is 1.15 bits per heavy atom. The molecule has 0 aliphatic carbocycles. The van der Waals surface area contributed by atoms with E-state index in [-0.39, 0.29) is 17.0 Å². The van der Waals surface area contributed by atoms with Crippen LogP contribution in [0, 0.1) is 5.92 Å². The van der Waals surface area contributed by atoms with Crippen molar-refractivity contribution in [2.24, 2.45) is 13.0 Å². The number of anilines is 1. The molecule has 0 radical (unpaired) electrons. The van der Waals surface area contributed by atoms with E-state index in [9.17, 15) is 18.0 Å². The molecule has 0 bridgehead atoms. The monoisotopic (exact) mass is 366 g/mol. The van der Waals surface area contributed by atoms with E-state index in [4.69, 9.17) is 0 Å². The lowest BCUT2D eigenvalue weighted by molar-refractivity contribution is -0.127. The van der Waals surface area contributed by atoms with Crippen molar-refractivity contribution >= 4 is 11.6 Å². The van der Waals surface area contributed by atoms with E-state index in [2.05, 4.69) is 26.1 Å². The van der Waals surface area contributed by atoms with Gasteiger partial charge in [0, 0.05) is 25.1 Å². The van der Waals surface area contributed by atoms with Gasteiger partial charge in [-0.05, 0) is 35.4 Å². The molecule has 1 unspecified atom stereocenters. The smallest absolute Gasteiger partial charge is 0.356 e. The fraction of sp³-hybridized carbons (Fsp3) is 0.450. The molecule has 0 spiro atoms. The number of para-hydroxylation sites is 1. The van der Waals surface area contributed by atoms with Crippen LogP contribution in [0.15, 0.2) is 36.7 Å². The summed E-state index contributed by atoms with van der Waals surface area (Å²) in [7, 11) is 1.61. The lowest BCUT2D eigenvalue weighted by atomic mass is 9.91. The van der Waals surface area contributed by atoms with Crippen LogP contribution in [0.3, 0.4) is 0 Å². The Bertz CT molecular complexity index is 763. The maximum Gasteiger partial charge on any atom is 0.393 e. The molecule has 2 aromatic rings. The molecular weight excluding hydrogens is 341 g/mol. The number of rotatable bonds is 6. The van der Waals surface area contributed by atoms with Gasteiger partial charge < -0.3 is 9.88 Å². The van der Waals surface area contributed by atoms with E-state index in [0.717, 1.165) is 12.0 Å². The predicted molar refractivity (Wildman–Crippen MR) is 97.4 cm³/mol. The molecule has 6 heteroatoms. The van der Waals surface area contributed by atoms with Crippen molar-refractivity contribution in [3.8, 4) is 0 Å². The van der Waals surface area contributed by atoms with E-state index in [1.165, 1.54) is 17.0 Å². The standard InChI is InChI=1S/C20H25F3N2O/c1-13(2)9-14(3)16-7-5-6-8-18(16)24-19(26)17-12-25(4)11-15(17)10-20(21,22)23/h5-8,11-14H,9-10H2,1-4H3,(H,24,26). The molecule has 3 nitrogen and oxygen atoms in total. The van der Waals surface area contributed by atoms with Crippen molar-refractivity contribution in [1.82, 2.24) is 4.57 Å². The van der Waals surface area contributed by atoms with E-state index >= 15 is 0 Å². The lowest BCUT2D eigenvalue weighted by Gasteiger charge is -2.19. The van der Waals surface area contributed by atoms with Crippen molar-refractivity contribution < 1.29 is 18.0 Å². The van der Waals surface area contributed by atoms with Crippen LogP contribution in [-0.4, -0.2) is 16.7 Å².